The number of carbonyl (C=O) groups is 2. The zero-order valence-corrected chi connectivity index (χ0v) is 17.6. The minimum absolute atomic E-state index is 0.0874. The molecule has 31 heavy (non-hydrogen) atoms. The quantitative estimate of drug-likeness (QED) is 0.396. The average Bonchev–Trinajstić information content (AvgIpc) is 2.79. The maximum absolute atomic E-state index is 12.6. The molecule has 3 rings (SSSR count). The fourth-order valence-electron chi connectivity index (χ4n) is 2.70. The van der Waals surface area contributed by atoms with Gasteiger partial charge in [-0.1, -0.05) is 42.5 Å². The van der Waals surface area contributed by atoms with Gasteiger partial charge in [0.2, 0.25) is 5.91 Å². The fraction of sp³-hybridized carbons (Fsp3) is 0.0417. The Kier molecular flexibility index (Phi) is 7.50. The lowest BCUT2D eigenvalue weighted by Crippen LogP contribution is -2.33. The second-order valence-corrected chi connectivity index (χ2v) is 6.82. The van der Waals surface area contributed by atoms with Gasteiger partial charge in [0.15, 0.2) is 5.11 Å². The predicted octanol–water partition coefficient (Wildman–Crippen LogP) is 4.47. The van der Waals surface area contributed by atoms with Gasteiger partial charge in [-0.25, -0.2) is 0 Å². The number of anilines is 2. The zero-order valence-electron chi connectivity index (χ0n) is 16.8. The van der Waals surface area contributed by atoms with Crippen molar-refractivity contribution in [3.05, 3.63) is 96.1 Å². The molecule has 6 nitrogen and oxygen atoms in total. The number of hydrogen-bond acceptors (Lipinski definition) is 4. The highest BCUT2D eigenvalue weighted by Gasteiger charge is 2.12. The van der Waals surface area contributed by atoms with Gasteiger partial charge in [-0.2, -0.15) is 0 Å². The van der Waals surface area contributed by atoms with E-state index in [4.69, 9.17) is 17.0 Å². The number of nitrogens with one attached hydrogen (secondary N) is 3. The number of thiocarbonyl (C=S) groups is 1. The highest BCUT2D eigenvalue weighted by Crippen LogP contribution is 2.17. The largest absolute Gasteiger partial charge is 0.497 e. The summed E-state index contributed by atoms with van der Waals surface area (Å²) < 4.78 is 5.11. The average molecular weight is 432 g/mol. The van der Waals surface area contributed by atoms with Crippen molar-refractivity contribution in [3.63, 3.8) is 0 Å². The monoisotopic (exact) mass is 431 g/mol. The first kappa shape index (κ1) is 21.7. The molecule has 0 saturated carbocycles. The Morgan fingerprint density at radius 2 is 1.55 bits per heavy atom. The van der Waals surface area contributed by atoms with Crippen LogP contribution in [-0.4, -0.2) is 24.0 Å². The third-order valence-electron chi connectivity index (χ3n) is 4.23. The van der Waals surface area contributed by atoms with Crippen LogP contribution in [0.3, 0.4) is 0 Å². The molecule has 3 aromatic rings. The standard InChI is InChI=1S/C24H21N3O3S/c1-30-19-14-11-17(12-15-19)13-16-22(28)27-24(31)26-21-10-6-5-9-20(21)23(29)25-18-7-3-2-4-8-18/h2-16H,1H3,(H,25,29)(H2,26,27,28,31). The van der Waals surface area contributed by atoms with Crippen LogP contribution in [0.1, 0.15) is 15.9 Å². The van der Waals surface area contributed by atoms with Crippen LogP contribution < -0.4 is 20.7 Å². The number of rotatable bonds is 6. The minimum atomic E-state index is -0.389. The number of carbonyl (C=O) groups excluding carboxylic acids is 2. The lowest BCUT2D eigenvalue weighted by atomic mass is 10.1. The summed E-state index contributed by atoms with van der Waals surface area (Å²) in [5, 5.41) is 8.40. The summed E-state index contributed by atoms with van der Waals surface area (Å²) in [7, 11) is 1.59. The van der Waals surface area contributed by atoms with Crippen LogP contribution in [0.2, 0.25) is 0 Å². The first-order valence-corrected chi connectivity index (χ1v) is 9.85. The van der Waals surface area contributed by atoms with Gasteiger partial charge in [0, 0.05) is 11.8 Å². The van der Waals surface area contributed by atoms with Gasteiger partial charge in [0.25, 0.3) is 5.91 Å². The molecular weight excluding hydrogens is 410 g/mol. The van der Waals surface area contributed by atoms with E-state index in [-0.39, 0.29) is 16.9 Å². The first-order valence-electron chi connectivity index (χ1n) is 9.44. The number of para-hydroxylation sites is 2. The molecule has 0 aliphatic heterocycles. The van der Waals surface area contributed by atoms with Crippen LogP contribution in [0.25, 0.3) is 6.08 Å². The van der Waals surface area contributed by atoms with Crippen molar-refractivity contribution < 1.29 is 14.3 Å². The molecule has 0 radical (unpaired) electrons. The SMILES string of the molecule is COc1ccc(C=CC(=O)NC(=S)Nc2ccccc2C(=O)Nc2ccccc2)cc1. The first-order chi connectivity index (χ1) is 15.0. The van der Waals surface area contributed by atoms with Gasteiger partial charge >= 0.3 is 0 Å². The van der Waals surface area contributed by atoms with E-state index in [1.165, 1.54) is 6.08 Å². The molecule has 0 unspecified atom stereocenters. The summed E-state index contributed by atoms with van der Waals surface area (Å²) in [5.74, 6) is 0.0595. The van der Waals surface area contributed by atoms with E-state index in [0.717, 1.165) is 11.3 Å². The number of hydrogen-bond donors (Lipinski definition) is 3. The summed E-state index contributed by atoms with van der Waals surface area (Å²) in [6, 6.07) is 23.3. The number of methoxy groups -OCH3 is 1. The van der Waals surface area contributed by atoms with Gasteiger partial charge in [-0.05, 0) is 60.3 Å². The van der Waals surface area contributed by atoms with Crippen LogP contribution in [0.15, 0.2) is 84.9 Å². The smallest absolute Gasteiger partial charge is 0.257 e. The summed E-state index contributed by atoms with van der Waals surface area (Å²) in [6.45, 7) is 0. The van der Waals surface area contributed by atoms with E-state index in [0.29, 0.717) is 16.9 Å². The van der Waals surface area contributed by atoms with Crippen LogP contribution in [0.5, 0.6) is 5.75 Å². The van der Waals surface area contributed by atoms with Gasteiger partial charge in [0.1, 0.15) is 5.75 Å². The Hall–Kier alpha value is -3.97. The van der Waals surface area contributed by atoms with Crippen LogP contribution in [0.4, 0.5) is 11.4 Å². The van der Waals surface area contributed by atoms with Crippen molar-refractivity contribution in [1.82, 2.24) is 5.32 Å². The third kappa shape index (κ3) is 6.52. The van der Waals surface area contributed by atoms with Crippen molar-refractivity contribution in [2.45, 2.75) is 0 Å². The van der Waals surface area contributed by atoms with E-state index in [2.05, 4.69) is 16.0 Å². The van der Waals surface area contributed by atoms with Gasteiger partial charge < -0.3 is 15.4 Å². The summed E-state index contributed by atoms with van der Waals surface area (Å²) in [5.41, 5.74) is 2.41. The van der Waals surface area contributed by atoms with Crippen molar-refractivity contribution in [2.24, 2.45) is 0 Å². The molecule has 7 heteroatoms. The van der Waals surface area contributed by atoms with Crippen LogP contribution in [0, 0.1) is 0 Å². The van der Waals surface area contributed by atoms with Crippen LogP contribution >= 0.6 is 12.2 Å². The van der Waals surface area contributed by atoms with Crippen molar-refractivity contribution in [1.29, 1.82) is 0 Å². The molecular formula is C24H21N3O3S. The van der Waals surface area contributed by atoms with E-state index < -0.39 is 0 Å². The Morgan fingerprint density at radius 1 is 0.871 bits per heavy atom. The van der Waals surface area contributed by atoms with E-state index in [1.54, 1.807) is 61.7 Å². The van der Waals surface area contributed by atoms with E-state index >= 15 is 0 Å². The number of benzene rings is 3. The normalized spacial score (nSPS) is 10.4. The van der Waals surface area contributed by atoms with Gasteiger partial charge in [-0.3, -0.25) is 14.9 Å². The molecule has 0 aliphatic carbocycles. The molecule has 0 saturated heterocycles. The van der Waals surface area contributed by atoms with Crippen LogP contribution in [-0.2, 0) is 4.79 Å². The molecule has 0 spiro atoms. The van der Waals surface area contributed by atoms with Gasteiger partial charge in [-0.15, -0.1) is 0 Å². The maximum Gasteiger partial charge on any atom is 0.257 e. The third-order valence-corrected chi connectivity index (χ3v) is 4.44. The zero-order chi connectivity index (χ0) is 22.1. The summed E-state index contributed by atoms with van der Waals surface area (Å²) >= 11 is 5.23. The Balaban J connectivity index is 1.60. The number of amides is 2. The van der Waals surface area contributed by atoms with Crippen molar-refractivity contribution in [3.8, 4) is 5.75 Å². The topological polar surface area (TPSA) is 79.5 Å². The second kappa shape index (κ2) is 10.7. The molecule has 0 atom stereocenters. The van der Waals surface area contributed by atoms with E-state index in [9.17, 15) is 9.59 Å². The molecule has 0 aliphatic rings. The molecule has 3 N–H and O–H groups in total. The molecule has 0 heterocycles. The van der Waals surface area contributed by atoms with E-state index in [1.807, 2.05) is 30.3 Å². The predicted molar refractivity (Wildman–Crippen MR) is 127 cm³/mol. The molecule has 0 fully saturated rings. The Labute approximate surface area is 185 Å². The second-order valence-electron chi connectivity index (χ2n) is 6.42. The minimum Gasteiger partial charge on any atom is -0.497 e. The Bertz CT molecular complexity index is 1100. The molecule has 156 valence electrons. The maximum atomic E-state index is 12.6. The summed E-state index contributed by atoms with van der Waals surface area (Å²) in [6.07, 6.45) is 3.04. The Morgan fingerprint density at radius 3 is 2.26 bits per heavy atom. The lowest BCUT2D eigenvalue weighted by molar-refractivity contribution is -0.115. The lowest BCUT2D eigenvalue weighted by Gasteiger charge is -2.13. The molecule has 0 bridgehead atoms. The summed E-state index contributed by atoms with van der Waals surface area (Å²) in [4.78, 5) is 24.8. The van der Waals surface area contributed by atoms with Gasteiger partial charge in [0.05, 0.1) is 18.4 Å². The molecule has 2 amide bonds. The fourth-order valence-corrected chi connectivity index (χ4v) is 2.91. The number of ether oxygens (including phenoxy) is 1. The highest BCUT2D eigenvalue weighted by molar-refractivity contribution is 7.80. The highest BCUT2D eigenvalue weighted by atomic mass is 32.1. The molecule has 0 aromatic heterocycles. The molecule has 3 aromatic carbocycles. The van der Waals surface area contributed by atoms with Crippen molar-refractivity contribution >= 4 is 46.6 Å². The van der Waals surface area contributed by atoms with Crippen molar-refractivity contribution in [2.75, 3.05) is 17.7 Å².